The molecule has 2 amide bonds. The first-order valence-electron chi connectivity index (χ1n) is 7.72. The lowest BCUT2D eigenvalue weighted by atomic mass is 10.1. The van der Waals surface area contributed by atoms with E-state index in [0.29, 0.717) is 0 Å². The van der Waals surface area contributed by atoms with Gasteiger partial charge in [-0.25, -0.2) is 0 Å². The van der Waals surface area contributed by atoms with Crippen molar-refractivity contribution in [1.29, 1.82) is 0 Å². The third-order valence-electron chi connectivity index (χ3n) is 3.30. The van der Waals surface area contributed by atoms with Crippen LogP contribution < -0.4 is 4.74 Å². The average molecular weight is 363 g/mol. The Morgan fingerprint density at radius 3 is 2.52 bits per heavy atom. The van der Waals surface area contributed by atoms with E-state index < -0.39 is 22.7 Å². The van der Waals surface area contributed by atoms with Crippen LogP contribution in [0.15, 0.2) is 23.1 Å². The SMILES string of the molecule is COc1ccc(C=C2SC(=O)N(CC(=O)OC(C)(C)C)C2=O)cc1C. The van der Waals surface area contributed by atoms with Crippen molar-refractivity contribution in [2.45, 2.75) is 33.3 Å². The van der Waals surface area contributed by atoms with Gasteiger partial charge < -0.3 is 9.47 Å². The highest BCUT2D eigenvalue weighted by Gasteiger charge is 2.37. The molecule has 0 atom stereocenters. The third-order valence-corrected chi connectivity index (χ3v) is 4.20. The van der Waals surface area contributed by atoms with Crippen LogP contribution in [0.1, 0.15) is 31.9 Å². The third kappa shape index (κ3) is 4.85. The normalized spacial score (nSPS) is 16.5. The fraction of sp³-hybridized carbons (Fsp3) is 0.389. The molecule has 1 aromatic rings. The van der Waals surface area contributed by atoms with E-state index in [0.717, 1.165) is 33.5 Å². The summed E-state index contributed by atoms with van der Waals surface area (Å²) >= 11 is 0.812. The van der Waals surface area contributed by atoms with Crippen LogP contribution in [-0.2, 0) is 14.3 Å². The van der Waals surface area contributed by atoms with Crippen LogP contribution in [-0.4, -0.2) is 41.3 Å². The summed E-state index contributed by atoms with van der Waals surface area (Å²) in [5.41, 5.74) is 1.03. The number of carbonyl (C=O) groups excluding carboxylic acids is 3. The molecule has 0 bridgehead atoms. The highest BCUT2D eigenvalue weighted by molar-refractivity contribution is 8.18. The van der Waals surface area contributed by atoms with E-state index in [4.69, 9.17) is 9.47 Å². The molecule has 7 heteroatoms. The van der Waals surface area contributed by atoms with Crippen molar-refractivity contribution >= 4 is 35.0 Å². The molecule has 1 aromatic carbocycles. The van der Waals surface area contributed by atoms with Crippen molar-refractivity contribution < 1.29 is 23.9 Å². The van der Waals surface area contributed by atoms with Crippen molar-refractivity contribution in [3.63, 3.8) is 0 Å². The first kappa shape index (κ1) is 19.1. The molecule has 1 fully saturated rings. The van der Waals surface area contributed by atoms with Gasteiger partial charge in [0, 0.05) is 0 Å². The van der Waals surface area contributed by atoms with Crippen molar-refractivity contribution in [2.24, 2.45) is 0 Å². The number of imide groups is 1. The molecular weight excluding hydrogens is 342 g/mol. The summed E-state index contributed by atoms with van der Waals surface area (Å²) in [7, 11) is 1.59. The minimum atomic E-state index is -0.671. The van der Waals surface area contributed by atoms with Crippen molar-refractivity contribution in [2.75, 3.05) is 13.7 Å². The van der Waals surface area contributed by atoms with E-state index in [1.165, 1.54) is 0 Å². The van der Waals surface area contributed by atoms with Crippen LogP contribution in [0.5, 0.6) is 5.75 Å². The summed E-state index contributed by atoms with van der Waals surface area (Å²) in [6.45, 7) is 6.69. The Morgan fingerprint density at radius 1 is 1.28 bits per heavy atom. The number of carbonyl (C=O) groups is 3. The molecule has 1 heterocycles. The molecule has 0 unspecified atom stereocenters. The van der Waals surface area contributed by atoms with Gasteiger partial charge in [-0.3, -0.25) is 19.3 Å². The average Bonchev–Trinajstić information content (AvgIpc) is 2.73. The summed E-state index contributed by atoms with van der Waals surface area (Å²) < 4.78 is 10.4. The maximum atomic E-state index is 12.4. The van der Waals surface area contributed by atoms with Gasteiger partial charge in [0.15, 0.2) is 0 Å². The summed E-state index contributed by atoms with van der Waals surface area (Å²) in [5, 5.41) is -0.479. The lowest BCUT2D eigenvalue weighted by Gasteiger charge is -2.21. The van der Waals surface area contributed by atoms with Crippen molar-refractivity contribution in [3.8, 4) is 5.75 Å². The molecule has 25 heavy (non-hydrogen) atoms. The number of rotatable bonds is 4. The lowest BCUT2D eigenvalue weighted by Crippen LogP contribution is -2.37. The van der Waals surface area contributed by atoms with E-state index in [9.17, 15) is 14.4 Å². The number of thioether (sulfide) groups is 1. The van der Waals surface area contributed by atoms with Gasteiger partial charge in [-0.15, -0.1) is 0 Å². The Hall–Kier alpha value is -2.28. The topological polar surface area (TPSA) is 72.9 Å². The highest BCUT2D eigenvalue weighted by Crippen LogP contribution is 2.32. The Labute approximate surface area is 151 Å². The summed E-state index contributed by atoms with van der Waals surface area (Å²) in [6.07, 6.45) is 1.63. The molecule has 2 rings (SSSR count). The zero-order chi connectivity index (χ0) is 18.8. The largest absolute Gasteiger partial charge is 0.496 e. The molecule has 0 spiro atoms. The minimum Gasteiger partial charge on any atom is -0.496 e. The zero-order valence-corrected chi connectivity index (χ0v) is 15.7. The number of methoxy groups -OCH3 is 1. The Morgan fingerprint density at radius 2 is 1.96 bits per heavy atom. The molecule has 0 aliphatic carbocycles. The second-order valence-electron chi connectivity index (χ2n) is 6.58. The number of esters is 1. The molecule has 134 valence electrons. The monoisotopic (exact) mass is 363 g/mol. The van der Waals surface area contributed by atoms with Crippen LogP contribution in [0.4, 0.5) is 4.79 Å². The first-order valence-corrected chi connectivity index (χ1v) is 8.54. The Bertz CT molecular complexity index is 748. The van der Waals surface area contributed by atoms with Gasteiger partial charge in [-0.1, -0.05) is 6.07 Å². The number of hydrogen-bond donors (Lipinski definition) is 0. The molecule has 1 aliphatic rings. The molecule has 1 saturated heterocycles. The number of ether oxygens (including phenoxy) is 2. The van der Waals surface area contributed by atoms with Gasteiger partial charge in [0.2, 0.25) is 0 Å². The fourth-order valence-corrected chi connectivity index (χ4v) is 3.12. The van der Waals surface area contributed by atoms with Gasteiger partial charge in [-0.05, 0) is 68.8 Å². The van der Waals surface area contributed by atoms with Gasteiger partial charge >= 0.3 is 5.97 Å². The summed E-state index contributed by atoms with van der Waals surface area (Å²) in [6, 6.07) is 5.46. The fourth-order valence-electron chi connectivity index (χ4n) is 2.28. The molecule has 0 N–H and O–H groups in total. The van der Waals surface area contributed by atoms with E-state index in [1.807, 2.05) is 13.0 Å². The number of hydrogen-bond acceptors (Lipinski definition) is 6. The Kier molecular flexibility index (Phi) is 5.57. The first-order chi connectivity index (χ1) is 11.6. The maximum absolute atomic E-state index is 12.4. The molecule has 6 nitrogen and oxygen atoms in total. The van der Waals surface area contributed by atoms with Crippen molar-refractivity contribution in [1.82, 2.24) is 4.90 Å². The van der Waals surface area contributed by atoms with E-state index >= 15 is 0 Å². The van der Waals surface area contributed by atoms with Gasteiger partial charge in [0.1, 0.15) is 17.9 Å². The minimum absolute atomic E-state index is 0.276. The number of nitrogens with zero attached hydrogens (tertiary/aromatic N) is 1. The molecule has 1 aliphatic heterocycles. The number of benzene rings is 1. The predicted octanol–water partition coefficient (Wildman–Crippen LogP) is 3.38. The molecule has 0 saturated carbocycles. The van der Waals surface area contributed by atoms with Crippen molar-refractivity contribution in [3.05, 3.63) is 34.2 Å². The van der Waals surface area contributed by atoms with Gasteiger partial charge in [-0.2, -0.15) is 0 Å². The van der Waals surface area contributed by atoms with Crippen LogP contribution in [0.25, 0.3) is 6.08 Å². The molecular formula is C18H21NO5S. The van der Waals surface area contributed by atoms with E-state index in [-0.39, 0.29) is 11.4 Å². The lowest BCUT2D eigenvalue weighted by molar-refractivity contribution is -0.156. The van der Waals surface area contributed by atoms with Crippen LogP contribution in [0.2, 0.25) is 0 Å². The number of amides is 2. The maximum Gasteiger partial charge on any atom is 0.326 e. The van der Waals surface area contributed by atoms with Gasteiger partial charge in [0.05, 0.1) is 12.0 Å². The summed E-state index contributed by atoms with van der Waals surface area (Å²) in [4.78, 5) is 37.5. The number of aryl methyl sites for hydroxylation is 1. The summed E-state index contributed by atoms with van der Waals surface area (Å²) in [5.74, 6) is -0.360. The van der Waals surface area contributed by atoms with E-state index in [2.05, 4.69) is 0 Å². The van der Waals surface area contributed by atoms with Crippen LogP contribution in [0.3, 0.4) is 0 Å². The Balaban J connectivity index is 2.15. The quantitative estimate of drug-likeness (QED) is 0.603. The second-order valence-corrected chi connectivity index (χ2v) is 7.58. The zero-order valence-electron chi connectivity index (χ0n) is 14.9. The van der Waals surface area contributed by atoms with Crippen LogP contribution >= 0.6 is 11.8 Å². The van der Waals surface area contributed by atoms with Gasteiger partial charge in [0.25, 0.3) is 11.1 Å². The second kappa shape index (κ2) is 7.31. The smallest absolute Gasteiger partial charge is 0.326 e. The highest BCUT2D eigenvalue weighted by atomic mass is 32.2. The standard InChI is InChI=1S/C18H21NO5S/c1-11-8-12(6-7-13(11)23-5)9-14-16(21)19(17(22)25-14)10-15(20)24-18(2,3)4/h6-9H,10H2,1-5H3. The molecule has 0 aromatic heterocycles. The van der Waals surface area contributed by atoms with Crippen LogP contribution in [0, 0.1) is 6.92 Å². The van der Waals surface area contributed by atoms with E-state index in [1.54, 1.807) is 46.1 Å². The predicted molar refractivity (Wildman–Crippen MR) is 96.3 cm³/mol. The molecule has 0 radical (unpaired) electrons.